The maximum absolute atomic E-state index is 12.2. The largest absolute Gasteiger partial charge is 0.507 e. The summed E-state index contributed by atoms with van der Waals surface area (Å²) < 4.78 is 1.39. The van der Waals surface area contributed by atoms with Crippen molar-refractivity contribution in [3.05, 3.63) is 51.8 Å². The molecule has 1 aromatic carbocycles. The Labute approximate surface area is 167 Å². The highest BCUT2D eigenvalue weighted by Crippen LogP contribution is 2.32. The number of fused-ring (bicyclic) bond motifs is 1. The van der Waals surface area contributed by atoms with E-state index in [0.717, 1.165) is 5.56 Å². The molecular weight excluding hydrogens is 415 g/mol. The van der Waals surface area contributed by atoms with Gasteiger partial charge in [0.2, 0.25) is 0 Å². The van der Waals surface area contributed by atoms with Gasteiger partial charge in [0.15, 0.2) is 5.65 Å². The molecule has 2 heterocycles. The van der Waals surface area contributed by atoms with Crippen molar-refractivity contribution in [2.75, 3.05) is 6.54 Å². The number of pyridine rings is 1. The molecule has 1 amide bonds. The molecular formula is C16H12Cl2N4O4S. The average molecular weight is 427 g/mol. The SMILES string of the molecule is O=C(O)CNC(=O)c1c(O)cc(SCc2ccc(Cl)cc2Cl)n2ncnc12. The lowest BCUT2D eigenvalue weighted by Gasteiger charge is -2.11. The zero-order valence-electron chi connectivity index (χ0n) is 13.5. The number of aromatic hydroxyl groups is 1. The van der Waals surface area contributed by atoms with E-state index in [-0.39, 0.29) is 17.0 Å². The Kier molecular flexibility index (Phi) is 5.73. The molecule has 0 unspecified atom stereocenters. The summed E-state index contributed by atoms with van der Waals surface area (Å²) in [6, 6.07) is 6.52. The summed E-state index contributed by atoms with van der Waals surface area (Å²) in [5.41, 5.74) is 0.798. The van der Waals surface area contributed by atoms with E-state index in [1.807, 2.05) is 0 Å². The number of hydrogen-bond donors (Lipinski definition) is 3. The van der Waals surface area contributed by atoms with Crippen LogP contribution in [-0.2, 0) is 10.5 Å². The molecule has 0 fully saturated rings. The fourth-order valence-corrected chi connectivity index (χ4v) is 3.85. The zero-order valence-corrected chi connectivity index (χ0v) is 15.8. The number of nitrogens with one attached hydrogen (secondary N) is 1. The number of thioether (sulfide) groups is 1. The molecule has 0 aliphatic heterocycles. The molecule has 27 heavy (non-hydrogen) atoms. The van der Waals surface area contributed by atoms with Crippen LogP contribution < -0.4 is 5.32 Å². The van der Waals surface area contributed by atoms with E-state index in [1.165, 1.54) is 28.7 Å². The zero-order chi connectivity index (χ0) is 19.6. The minimum atomic E-state index is -1.20. The predicted molar refractivity (Wildman–Crippen MR) is 101 cm³/mol. The maximum atomic E-state index is 12.2. The summed E-state index contributed by atoms with van der Waals surface area (Å²) in [5.74, 6) is -1.82. The van der Waals surface area contributed by atoms with E-state index in [2.05, 4.69) is 15.4 Å². The normalized spacial score (nSPS) is 10.9. The van der Waals surface area contributed by atoms with Crippen LogP contribution in [-0.4, -0.2) is 43.2 Å². The van der Waals surface area contributed by atoms with E-state index in [9.17, 15) is 14.7 Å². The maximum Gasteiger partial charge on any atom is 0.322 e. The van der Waals surface area contributed by atoms with Crippen LogP contribution in [0.15, 0.2) is 35.6 Å². The van der Waals surface area contributed by atoms with Gasteiger partial charge in [-0.1, -0.05) is 29.3 Å². The molecule has 3 rings (SSSR count). The second kappa shape index (κ2) is 8.03. The molecule has 8 nitrogen and oxygen atoms in total. The van der Waals surface area contributed by atoms with Crippen molar-refractivity contribution in [3.8, 4) is 5.75 Å². The molecule has 0 radical (unpaired) electrons. The Bertz CT molecular complexity index is 1040. The average Bonchev–Trinajstić information content (AvgIpc) is 3.08. The molecule has 0 saturated heterocycles. The molecule has 0 atom stereocenters. The number of benzene rings is 1. The molecule has 3 N–H and O–H groups in total. The first kappa shape index (κ1) is 19.3. The van der Waals surface area contributed by atoms with E-state index < -0.39 is 18.4 Å². The number of carboxylic acid groups (broad SMARTS) is 1. The van der Waals surface area contributed by atoms with Crippen molar-refractivity contribution in [2.24, 2.45) is 0 Å². The number of halogens is 2. The smallest absolute Gasteiger partial charge is 0.322 e. The number of rotatable bonds is 6. The van der Waals surface area contributed by atoms with Crippen LogP contribution in [0.5, 0.6) is 5.75 Å². The highest BCUT2D eigenvalue weighted by molar-refractivity contribution is 7.98. The lowest BCUT2D eigenvalue weighted by Crippen LogP contribution is -2.29. The fraction of sp³-hybridized carbons (Fsp3) is 0.125. The van der Waals surface area contributed by atoms with Gasteiger partial charge in [-0.3, -0.25) is 9.59 Å². The quantitative estimate of drug-likeness (QED) is 0.518. The first-order valence-corrected chi connectivity index (χ1v) is 9.23. The van der Waals surface area contributed by atoms with Gasteiger partial charge in [-0.2, -0.15) is 5.10 Å². The summed E-state index contributed by atoms with van der Waals surface area (Å²) in [7, 11) is 0. The highest BCUT2D eigenvalue weighted by atomic mass is 35.5. The van der Waals surface area contributed by atoms with E-state index >= 15 is 0 Å². The fourth-order valence-electron chi connectivity index (χ4n) is 2.29. The summed E-state index contributed by atoms with van der Waals surface area (Å²) in [6.45, 7) is -0.579. The van der Waals surface area contributed by atoms with E-state index in [0.29, 0.717) is 20.8 Å². The molecule has 11 heteroatoms. The summed E-state index contributed by atoms with van der Waals surface area (Å²) in [6.07, 6.45) is 1.24. The molecule has 0 aliphatic rings. The molecule has 0 bridgehead atoms. The van der Waals surface area contributed by atoms with Crippen molar-refractivity contribution in [1.82, 2.24) is 19.9 Å². The highest BCUT2D eigenvalue weighted by Gasteiger charge is 2.21. The summed E-state index contributed by atoms with van der Waals surface area (Å²) in [5, 5.41) is 26.8. The van der Waals surface area contributed by atoms with Crippen molar-refractivity contribution >= 4 is 52.5 Å². The Hall–Kier alpha value is -2.49. The van der Waals surface area contributed by atoms with Gasteiger partial charge < -0.3 is 15.5 Å². The molecule has 140 valence electrons. The summed E-state index contributed by atoms with van der Waals surface area (Å²) in [4.78, 5) is 26.8. The van der Waals surface area contributed by atoms with Crippen molar-refractivity contribution < 1.29 is 19.8 Å². The standard InChI is InChI=1S/C16H12Cl2N4O4S/c17-9-2-1-8(10(18)3-9)6-27-12-4-11(23)14(15-20-7-21-22(12)15)16(26)19-5-13(24)25/h1-4,7,23H,5-6H2,(H,19,26)(H,24,25). The number of carboxylic acids is 1. The van der Waals surface area contributed by atoms with Crippen LogP contribution in [0.2, 0.25) is 10.0 Å². The van der Waals surface area contributed by atoms with Crippen LogP contribution >= 0.6 is 35.0 Å². The molecule has 0 aliphatic carbocycles. The van der Waals surface area contributed by atoms with Crippen LogP contribution in [0.25, 0.3) is 5.65 Å². The van der Waals surface area contributed by atoms with Gasteiger partial charge >= 0.3 is 5.97 Å². The van der Waals surface area contributed by atoms with Gasteiger partial charge in [0.1, 0.15) is 29.2 Å². The minimum Gasteiger partial charge on any atom is -0.507 e. The minimum absolute atomic E-state index is 0.114. The lowest BCUT2D eigenvalue weighted by molar-refractivity contribution is -0.135. The number of carbonyl (C=O) groups excluding carboxylic acids is 1. The monoisotopic (exact) mass is 426 g/mol. The van der Waals surface area contributed by atoms with Crippen LogP contribution in [0.1, 0.15) is 15.9 Å². The Morgan fingerprint density at radius 1 is 1.26 bits per heavy atom. The van der Waals surface area contributed by atoms with Gasteiger partial charge in [0.25, 0.3) is 5.91 Å². The van der Waals surface area contributed by atoms with Crippen molar-refractivity contribution in [1.29, 1.82) is 0 Å². The number of amides is 1. The van der Waals surface area contributed by atoms with Gasteiger partial charge in [0.05, 0.1) is 0 Å². The van der Waals surface area contributed by atoms with Crippen molar-refractivity contribution in [2.45, 2.75) is 10.8 Å². The number of aliphatic carboxylic acids is 1. The van der Waals surface area contributed by atoms with E-state index in [1.54, 1.807) is 18.2 Å². The predicted octanol–water partition coefficient (Wildman–Crippen LogP) is 2.85. The van der Waals surface area contributed by atoms with Crippen LogP contribution in [0.3, 0.4) is 0 Å². The second-order valence-corrected chi connectivity index (χ2v) is 7.18. The Morgan fingerprint density at radius 3 is 2.74 bits per heavy atom. The third kappa shape index (κ3) is 4.26. The Balaban J connectivity index is 1.89. The van der Waals surface area contributed by atoms with Crippen LogP contribution in [0.4, 0.5) is 0 Å². The lowest BCUT2D eigenvalue weighted by atomic mass is 10.2. The topological polar surface area (TPSA) is 117 Å². The third-order valence-corrected chi connectivity index (χ3v) is 5.14. The number of nitrogens with zero attached hydrogens (tertiary/aromatic N) is 3. The van der Waals surface area contributed by atoms with Gasteiger partial charge in [0, 0.05) is 21.9 Å². The number of hydrogen-bond acceptors (Lipinski definition) is 6. The number of carbonyl (C=O) groups is 2. The van der Waals surface area contributed by atoms with Gasteiger partial charge in [-0.05, 0) is 17.7 Å². The Morgan fingerprint density at radius 2 is 2.04 bits per heavy atom. The van der Waals surface area contributed by atoms with Crippen LogP contribution in [0, 0.1) is 0 Å². The first-order chi connectivity index (χ1) is 12.9. The molecule has 0 spiro atoms. The van der Waals surface area contributed by atoms with Gasteiger partial charge in [-0.15, -0.1) is 11.8 Å². The summed E-state index contributed by atoms with van der Waals surface area (Å²) >= 11 is 13.4. The van der Waals surface area contributed by atoms with Gasteiger partial charge in [-0.25, -0.2) is 9.50 Å². The molecule has 3 aromatic rings. The first-order valence-electron chi connectivity index (χ1n) is 7.49. The second-order valence-electron chi connectivity index (χ2n) is 5.34. The number of aromatic nitrogens is 3. The third-order valence-electron chi connectivity index (χ3n) is 3.51. The van der Waals surface area contributed by atoms with E-state index in [4.69, 9.17) is 28.3 Å². The molecule has 2 aromatic heterocycles. The van der Waals surface area contributed by atoms with Crippen molar-refractivity contribution in [3.63, 3.8) is 0 Å². The molecule has 0 saturated carbocycles.